The summed E-state index contributed by atoms with van der Waals surface area (Å²) in [7, 11) is 1.54. The van der Waals surface area contributed by atoms with Crippen LogP contribution in [0.2, 0.25) is 0 Å². The number of nitrogens with zero attached hydrogens (tertiary/aromatic N) is 1. The third-order valence-corrected chi connectivity index (χ3v) is 1.79. The molecule has 84 valence electrons. The summed E-state index contributed by atoms with van der Waals surface area (Å²) < 4.78 is 0. The van der Waals surface area contributed by atoms with Crippen molar-refractivity contribution in [1.82, 2.24) is 4.90 Å². The van der Waals surface area contributed by atoms with Gasteiger partial charge in [0.05, 0.1) is 0 Å². The van der Waals surface area contributed by atoms with Gasteiger partial charge < -0.3 is 0 Å². The monoisotopic (exact) mass is 201 g/mol. The van der Waals surface area contributed by atoms with E-state index in [9.17, 15) is 9.59 Å². The lowest BCUT2D eigenvalue weighted by Gasteiger charge is -2.24. The van der Waals surface area contributed by atoms with Crippen LogP contribution in [0.1, 0.15) is 47.5 Å². The molecular weight excluding hydrogens is 178 g/mol. The van der Waals surface area contributed by atoms with Gasteiger partial charge in [-0.15, -0.1) is 0 Å². The molecule has 1 saturated heterocycles. The Labute approximate surface area is 87.5 Å². The zero-order chi connectivity index (χ0) is 11.7. The molecule has 0 unspecified atom stereocenters. The van der Waals surface area contributed by atoms with Crippen LogP contribution in [0.15, 0.2) is 0 Å². The summed E-state index contributed by atoms with van der Waals surface area (Å²) in [6.45, 7) is 9.92. The molecule has 0 aliphatic carbocycles. The quantitative estimate of drug-likeness (QED) is 0.564. The maximum absolute atomic E-state index is 10.9. The van der Waals surface area contributed by atoms with Crippen molar-refractivity contribution in [2.75, 3.05) is 7.05 Å². The molecule has 0 N–H and O–H groups in total. The lowest BCUT2D eigenvalue weighted by Crippen LogP contribution is -2.39. The van der Waals surface area contributed by atoms with Crippen LogP contribution in [0.4, 0.5) is 0 Å². The Bertz CT molecular complexity index is 160. The maximum atomic E-state index is 10.9. The van der Waals surface area contributed by atoms with E-state index in [4.69, 9.17) is 0 Å². The van der Waals surface area contributed by atoms with E-state index in [1.165, 1.54) is 11.9 Å². The minimum atomic E-state index is -0.0521. The second kappa shape index (κ2) is 8.73. The molecule has 1 aliphatic rings. The van der Waals surface area contributed by atoms with Crippen molar-refractivity contribution in [3.63, 3.8) is 0 Å². The van der Waals surface area contributed by atoms with Crippen LogP contribution in [0.25, 0.3) is 0 Å². The number of rotatable bonds is 0. The molecule has 3 heteroatoms. The number of hydrogen-bond donors (Lipinski definition) is 0. The molecule has 1 aliphatic heterocycles. The van der Waals surface area contributed by atoms with E-state index in [-0.39, 0.29) is 17.7 Å². The van der Waals surface area contributed by atoms with Crippen LogP contribution in [-0.4, -0.2) is 23.8 Å². The average Bonchev–Trinajstić information content (AvgIpc) is 2.20. The van der Waals surface area contributed by atoms with Crippen molar-refractivity contribution in [2.24, 2.45) is 5.92 Å². The number of imide groups is 1. The van der Waals surface area contributed by atoms with Gasteiger partial charge in [0.2, 0.25) is 11.8 Å². The normalized spacial score (nSPS) is 16.6. The van der Waals surface area contributed by atoms with E-state index in [1.807, 2.05) is 34.6 Å². The van der Waals surface area contributed by atoms with Crippen molar-refractivity contribution >= 4 is 11.8 Å². The van der Waals surface area contributed by atoms with E-state index in [2.05, 4.69) is 0 Å². The summed E-state index contributed by atoms with van der Waals surface area (Å²) in [6, 6.07) is 0. The zero-order valence-electron chi connectivity index (χ0n) is 10.3. The first-order chi connectivity index (χ1) is 6.61. The van der Waals surface area contributed by atoms with Crippen molar-refractivity contribution in [3.05, 3.63) is 0 Å². The Balaban J connectivity index is 0. The van der Waals surface area contributed by atoms with Crippen molar-refractivity contribution in [3.8, 4) is 0 Å². The fourth-order valence-corrected chi connectivity index (χ4v) is 1.08. The highest BCUT2D eigenvalue weighted by molar-refractivity contribution is 5.97. The van der Waals surface area contributed by atoms with Crippen LogP contribution < -0.4 is 0 Å². The fraction of sp³-hybridized carbons (Fsp3) is 0.818. The molecule has 1 fully saturated rings. The largest absolute Gasteiger partial charge is 0.286 e. The van der Waals surface area contributed by atoms with Crippen molar-refractivity contribution in [1.29, 1.82) is 0 Å². The third-order valence-electron chi connectivity index (χ3n) is 1.79. The Morgan fingerprint density at radius 2 is 1.29 bits per heavy atom. The van der Waals surface area contributed by atoms with E-state index in [0.717, 1.165) is 0 Å². The summed E-state index contributed by atoms with van der Waals surface area (Å²) in [4.78, 5) is 23.0. The molecule has 0 aromatic heterocycles. The SMILES string of the molecule is CC.CC.CC1CC(=O)N(C)C(=O)C1. The lowest BCUT2D eigenvalue weighted by molar-refractivity contribution is -0.147. The van der Waals surface area contributed by atoms with Gasteiger partial charge in [0.25, 0.3) is 0 Å². The number of carbonyl (C=O) groups is 2. The van der Waals surface area contributed by atoms with Gasteiger partial charge in [-0.3, -0.25) is 14.5 Å². The summed E-state index contributed by atoms with van der Waals surface area (Å²) in [5.74, 6) is 0.128. The second-order valence-corrected chi connectivity index (χ2v) is 2.86. The molecular formula is C11H23NO2. The standard InChI is InChI=1S/C7H11NO2.2C2H6/c1-5-3-6(9)8(2)7(10)4-5;2*1-2/h5H,3-4H2,1-2H3;2*1-2H3. The van der Waals surface area contributed by atoms with Gasteiger partial charge in [0.15, 0.2) is 0 Å². The van der Waals surface area contributed by atoms with Crippen LogP contribution in [-0.2, 0) is 9.59 Å². The molecule has 0 saturated carbocycles. The summed E-state index contributed by atoms with van der Waals surface area (Å²) in [5, 5.41) is 0. The van der Waals surface area contributed by atoms with Gasteiger partial charge in [-0.05, 0) is 5.92 Å². The van der Waals surface area contributed by atoms with Crippen LogP contribution in [0.5, 0.6) is 0 Å². The molecule has 0 spiro atoms. The minimum Gasteiger partial charge on any atom is -0.286 e. The lowest BCUT2D eigenvalue weighted by atomic mass is 9.98. The van der Waals surface area contributed by atoms with Crippen molar-refractivity contribution < 1.29 is 9.59 Å². The first-order valence-electron chi connectivity index (χ1n) is 5.40. The highest BCUT2D eigenvalue weighted by Crippen LogP contribution is 2.16. The van der Waals surface area contributed by atoms with Crippen molar-refractivity contribution in [2.45, 2.75) is 47.5 Å². The summed E-state index contributed by atoms with van der Waals surface area (Å²) >= 11 is 0. The van der Waals surface area contributed by atoms with Crippen LogP contribution in [0, 0.1) is 5.92 Å². The smallest absolute Gasteiger partial charge is 0.229 e. The van der Waals surface area contributed by atoms with Gasteiger partial charge in [-0.25, -0.2) is 0 Å². The Hall–Kier alpha value is -0.860. The van der Waals surface area contributed by atoms with Gasteiger partial charge in [0, 0.05) is 19.9 Å². The molecule has 0 atom stereocenters. The second-order valence-electron chi connectivity index (χ2n) is 2.86. The average molecular weight is 201 g/mol. The Kier molecular flexibility index (Phi) is 9.73. The number of likely N-dealkylation sites (tertiary alicyclic amines) is 1. The zero-order valence-corrected chi connectivity index (χ0v) is 10.3. The molecule has 1 heterocycles. The predicted molar refractivity (Wildman–Crippen MR) is 58.9 cm³/mol. The van der Waals surface area contributed by atoms with Crippen LogP contribution in [0.3, 0.4) is 0 Å². The van der Waals surface area contributed by atoms with Gasteiger partial charge in [-0.2, -0.15) is 0 Å². The van der Waals surface area contributed by atoms with Gasteiger partial charge in [-0.1, -0.05) is 34.6 Å². The first kappa shape index (κ1) is 15.6. The first-order valence-corrected chi connectivity index (χ1v) is 5.40. The van der Waals surface area contributed by atoms with E-state index in [0.29, 0.717) is 12.8 Å². The van der Waals surface area contributed by atoms with E-state index in [1.54, 1.807) is 0 Å². The third kappa shape index (κ3) is 5.00. The molecule has 0 radical (unpaired) electrons. The summed E-state index contributed by atoms with van der Waals surface area (Å²) in [6.07, 6.45) is 1.03. The van der Waals surface area contributed by atoms with Gasteiger partial charge in [0.1, 0.15) is 0 Å². The number of amides is 2. The number of piperidine rings is 1. The minimum absolute atomic E-state index is 0.0521. The van der Waals surface area contributed by atoms with Crippen LogP contribution >= 0.6 is 0 Å². The molecule has 0 bridgehead atoms. The Morgan fingerprint density at radius 3 is 1.57 bits per heavy atom. The fourth-order valence-electron chi connectivity index (χ4n) is 1.08. The molecule has 2 amide bonds. The van der Waals surface area contributed by atoms with Gasteiger partial charge >= 0.3 is 0 Å². The highest BCUT2D eigenvalue weighted by Gasteiger charge is 2.26. The van der Waals surface area contributed by atoms with E-state index >= 15 is 0 Å². The Morgan fingerprint density at radius 1 is 1.00 bits per heavy atom. The molecule has 14 heavy (non-hydrogen) atoms. The number of carbonyl (C=O) groups excluding carboxylic acids is 2. The topological polar surface area (TPSA) is 37.4 Å². The summed E-state index contributed by atoms with van der Waals surface area (Å²) in [5.41, 5.74) is 0. The molecule has 0 aromatic rings. The number of hydrogen-bond acceptors (Lipinski definition) is 2. The predicted octanol–water partition coefficient (Wildman–Crippen LogP) is 2.45. The molecule has 3 nitrogen and oxygen atoms in total. The maximum Gasteiger partial charge on any atom is 0.229 e. The molecule has 1 rings (SSSR count). The highest BCUT2D eigenvalue weighted by atomic mass is 16.2. The molecule has 0 aromatic carbocycles. The van der Waals surface area contributed by atoms with E-state index < -0.39 is 0 Å².